The summed E-state index contributed by atoms with van der Waals surface area (Å²) in [4.78, 5) is 2.34. The quantitative estimate of drug-likeness (QED) is 0.871. The molecule has 0 aromatic heterocycles. The molecule has 1 fully saturated rings. The highest BCUT2D eigenvalue weighted by Gasteiger charge is 2.19. The number of ether oxygens (including phenoxy) is 1. The largest absolute Gasteiger partial charge is 0.490 e. The number of piperidine rings is 1. The standard InChI is InChI=1S/C14H22N2O/c1-11(15)13-5-3-4-6-14(13)17-12-7-9-16(2)10-8-12/h3-6,11-12H,7-10,15H2,1-2H3. The fourth-order valence-electron chi connectivity index (χ4n) is 2.25. The van der Waals surface area contributed by atoms with Gasteiger partial charge in [-0.3, -0.25) is 0 Å². The summed E-state index contributed by atoms with van der Waals surface area (Å²) in [6.45, 7) is 4.23. The van der Waals surface area contributed by atoms with E-state index in [0.717, 1.165) is 37.2 Å². The van der Waals surface area contributed by atoms with E-state index in [4.69, 9.17) is 10.5 Å². The molecule has 0 saturated carbocycles. The molecule has 1 saturated heterocycles. The van der Waals surface area contributed by atoms with Gasteiger partial charge in [0.1, 0.15) is 11.9 Å². The molecule has 1 atom stereocenters. The van der Waals surface area contributed by atoms with E-state index < -0.39 is 0 Å². The minimum atomic E-state index is 0.0254. The van der Waals surface area contributed by atoms with Gasteiger partial charge in [0, 0.05) is 24.7 Å². The van der Waals surface area contributed by atoms with Crippen LogP contribution in [0.15, 0.2) is 24.3 Å². The van der Waals surface area contributed by atoms with Gasteiger partial charge in [-0.05, 0) is 32.9 Å². The van der Waals surface area contributed by atoms with Crippen LogP contribution in [0.25, 0.3) is 0 Å². The average Bonchev–Trinajstić information content (AvgIpc) is 2.32. The Morgan fingerprint density at radius 3 is 2.59 bits per heavy atom. The van der Waals surface area contributed by atoms with Crippen LogP contribution in [0.5, 0.6) is 5.75 Å². The van der Waals surface area contributed by atoms with Gasteiger partial charge in [-0.2, -0.15) is 0 Å². The normalized spacial score (nSPS) is 20.2. The van der Waals surface area contributed by atoms with Crippen molar-refractivity contribution in [3.05, 3.63) is 29.8 Å². The van der Waals surface area contributed by atoms with E-state index >= 15 is 0 Å². The third kappa shape index (κ3) is 3.20. The molecule has 3 nitrogen and oxygen atoms in total. The Hall–Kier alpha value is -1.06. The summed E-state index contributed by atoms with van der Waals surface area (Å²) in [5.41, 5.74) is 7.06. The zero-order valence-electron chi connectivity index (χ0n) is 10.7. The minimum absolute atomic E-state index is 0.0254. The van der Waals surface area contributed by atoms with Crippen molar-refractivity contribution in [2.75, 3.05) is 20.1 Å². The van der Waals surface area contributed by atoms with Crippen molar-refractivity contribution in [2.24, 2.45) is 5.73 Å². The Morgan fingerprint density at radius 2 is 1.94 bits per heavy atom. The summed E-state index contributed by atoms with van der Waals surface area (Å²) >= 11 is 0. The second kappa shape index (κ2) is 5.52. The smallest absolute Gasteiger partial charge is 0.124 e. The third-order valence-corrected chi connectivity index (χ3v) is 3.37. The van der Waals surface area contributed by atoms with Gasteiger partial charge in [-0.15, -0.1) is 0 Å². The summed E-state index contributed by atoms with van der Waals surface area (Å²) in [7, 11) is 2.16. The Bertz CT molecular complexity index is 357. The van der Waals surface area contributed by atoms with Crippen molar-refractivity contribution < 1.29 is 4.74 Å². The maximum Gasteiger partial charge on any atom is 0.124 e. The van der Waals surface area contributed by atoms with Crippen molar-refractivity contribution in [2.45, 2.75) is 31.9 Å². The van der Waals surface area contributed by atoms with E-state index in [-0.39, 0.29) is 6.04 Å². The number of hydrogen-bond acceptors (Lipinski definition) is 3. The van der Waals surface area contributed by atoms with Crippen LogP contribution in [0.4, 0.5) is 0 Å². The maximum absolute atomic E-state index is 6.09. The van der Waals surface area contributed by atoms with E-state index in [9.17, 15) is 0 Å². The molecule has 0 aliphatic carbocycles. The number of hydrogen-bond donors (Lipinski definition) is 1. The lowest BCUT2D eigenvalue weighted by molar-refractivity contribution is 0.113. The summed E-state index contributed by atoms with van der Waals surface area (Å²) in [6.07, 6.45) is 2.54. The van der Waals surface area contributed by atoms with E-state index in [0.29, 0.717) is 6.10 Å². The average molecular weight is 234 g/mol. The molecule has 2 N–H and O–H groups in total. The molecule has 1 aromatic rings. The molecular formula is C14H22N2O. The first-order valence-electron chi connectivity index (χ1n) is 6.36. The van der Waals surface area contributed by atoms with Gasteiger partial charge >= 0.3 is 0 Å². The van der Waals surface area contributed by atoms with E-state index in [2.05, 4.69) is 18.0 Å². The molecule has 3 heteroatoms. The number of likely N-dealkylation sites (tertiary alicyclic amines) is 1. The second-order valence-electron chi connectivity index (χ2n) is 4.95. The van der Waals surface area contributed by atoms with Crippen LogP contribution in [0.2, 0.25) is 0 Å². The van der Waals surface area contributed by atoms with E-state index in [1.54, 1.807) is 0 Å². The Balaban J connectivity index is 2.03. The Labute approximate surface area is 104 Å². The monoisotopic (exact) mass is 234 g/mol. The molecule has 1 aliphatic rings. The molecule has 0 spiro atoms. The van der Waals surface area contributed by atoms with Crippen LogP contribution in [0, 0.1) is 0 Å². The molecule has 1 heterocycles. The molecule has 1 aliphatic heterocycles. The zero-order valence-corrected chi connectivity index (χ0v) is 10.7. The van der Waals surface area contributed by atoms with Gasteiger partial charge in [0.05, 0.1) is 0 Å². The summed E-state index contributed by atoms with van der Waals surface area (Å²) in [6, 6.07) is 8.12. The number of nitrogens with two attached hydrogens (primary N) is 1. The topological polar surface area (TPSA) is 38.5 Å². The first kappa shape index (κ1) is 12.4. The highest BCUT2D eigenvalue weighted by Crippen LogP contribution is 2.26. The van der Waals surface area contributed by atoms with Crippen LogP contribution in [0.3, 0.4) is 0 Å². The van der Waals surface area contributed by atoms with Crippen LogP contribution < -0.4 is 10.5 Å². The molecule has 2 rings (SSSR count). The SMILES string of the molecule is CC(N)c1ccccc1OC1CCN(C)CC1. The van der Waals surface area contributed by atoms with Gasteiger partial charge in [0.25, 0.3) is 0 Å². The van der Waals surface area contributed by atoms with E-state index in [1.807, 2.05) is 25.1 Å². The van der Waals surface area contributed by atoms with Gasteiger partial charge in [0.15, 0.2) is 0 Å². The predicted molar refractivity (Wildman–Crippen MR) is 70.2 cm³/mol. The minimum Gasteiger partial charge on any atom is -0.490 e. The predicted octanol–water partition coefficient (Wildman–Crippen LogP) is 2.18. The molecule has 94 valence electrons. The lowest BCUT2D eigenvalue weighted by atomic mass is 10.1. The van der Waals surface area contributed by atoms with E-state index in [1.165, 1.54) is 0 Å². The maximum atomic E-state index is 6.09. The molecule has 17 heavy (non-hydrogen) atoms. The van der Waals surface area contributed by atoms with Crippen molar-refractivity contribution in [1.82, 2.24) is 4.90 Å². The number of benzene rings is 1. The van der Waals surface area contributed by atoms with Crippen molar-refractivity contribution >= 4 is 0 Å². The molecular weight excluding hydrogens is 212 g/mol. The fraction of sp³-hybridized carbons (Fsp3) is 0.571. The van der Waals surface area contributed by atoms with Gasteiger partial charge in [-0.25, -0.2) is 0 Å². The lowest BCUT2D eigenvalue weighted by Crippen LogP contribution is -2.35. The summed E-state index contributed by atoms with van der Waals surface area (Å²) < 4.78 is 6.09. The fourth-order valence-corrected chi connectivity index (χ4v) is 2.25. The molecule has 0 bridgehead atoms. The highest BCUT2D eigenvalue weighted by atomic mass is 16.5. The van der Waals surface area contributed by atoms with Gasteiger partial charge in [-0.1, -0.05) is 18.2 Å². The molecule has 0 radical (unpaired) electrons. The lowest BCUT2D eigenvalue weighted by Gasteiger charge is -2.30. The van der Waals surface area contributed by atoms with Crippen molar-refractivity contribution in [3.8, 4) is 5.75 Å². The summed E-state index contributed by atoms with van der Waals surface area (Å²) in [5.74, 6) is 0.956. The highest BCUT2D eigenvalue weighted by molar-refractivity contribution is 5.35. The first-order valence-corrected chi connectivity index (χ1v) is 6.36. The summed E-state index contributed by atoms with van der Waals surface area (Å²) in [5, 5.41) is 0. The van der Waals surface area contributed by atoms with Crippen LogP contribution in [0.1, 0.15) is 31.4 Å². The number of para-hydroxylation sites is 1. The second-order valence-corrected chi connectivity index (χ2v) is 4.95. The van der Waals surface area contributed by atoms with Crippen LogP contribution in [-0.2, 0) is 0 Å². The number of rotatable bonds is 3. The molecule has 1 aromatic carbocycles. The molecule has 0 amide bonds. The molecule has 1 unspecified atom stereocenters. The van der Waals surface area contributed by atoms with Gasteiger partial charge < -0.3 is 15.4 Å². The number of nitrogens with zero attached hydrogens (tertiary/aromatic N) is 1. The third-order valence-electron chi connectivity index (χ3n) is 3.37. The van der Waals surface area contributed by atoms with Crippen LogP contribution in [-0.4, -0.2) is 31.1 Å². The Morgan fingerprint density at radius 1 is 1.29 bits per heavy atom. The Kier molecular flexibility index (Phi) is 4.02. The first-order chi connectivity index (χ1) is 8.16. The van der Waals surface area contributed by atoms with Gasteiger partial charge in [0.2, 0.25) is 0 Å². The zero-order chi connectivity index (χ0) is 12.3. The van der Waals surface area contributed by atoms with Crippen molar-refractivity contribution in [3.63, 3.8) is 0 Å². The van der Waals surface area contributed by atoms with Crippen molar-refractivity contribution in [1.29, 1.82) is 0 Å². The van der Waals surface area contributed by atoms with Crippen LogP contribution >= 0.6 is 0 Å².